The van der Waals surface area contributed by atoms with Crippen LogP contribution in [-0.4, -0.2) is 17.7 Å². The normalized spacial score (nSPS) is 26.4. The summed E-state index contributed by atoms with van der Waals surface area (Å²) in [5, 5.41) is 0. The number of hydrogen-bond donors (Lipinski definition) is 0. The molecule has 1 saturated carbocycles. The molecule has 0 aromatic heterocycles. The van der Waals surface area contributed by atoms with E-state index in [0.717, 1.165) is 18.6 Å². The summed E-state index contributed by atoms with van der Waals surface area (Å²) >= 11 is 4.90. The molecule has 0 radical (unpaired) electrons. The fraction of sp³-hybridized carbons (Fsp3) is 0.846. The molecule has 1 aliphatic carbocycles. The molecule has 1 fully saturated rings. The van der Waals surface area contributed by atoms with Crippen molar-refractivity contribution in [3.05, 3.63) is 10.6 Å². The summed E-state index contributed by atoms with van der Waals surface area (Å²) in [6, 6.07) is 0. The number of thioether (sulfide) groups is 1. The average Bonchev–Trinajstić information content (AvgIpc) is 2.24. The van der Waals surface area contributed by atoms with Gasteiger partial charge in [-0.3, -0.25) is 0 Å². The van der Waals surface area contributed by atoms with Crippen LogP contribution in [0.5, 0.6) is 0 Å². The summed E-state index contributed by atoms with van der Waals surface area (Å²) in [6.07, 6.45) is 2.26. The van der Waals surface area contributed by atoms with Crippen molar-refractivity contribution < 1.29 is 13.2 Å². The van der Waals surface area contributed by atoms with Crippen LogP contribution in [0.15, 0.2) is 10.6 Å². The van der Waals surface area contributed by atoms with Crippen LogP contribution in [0.1, 0.15) is 39.0 Å². The topological polar surface area (TPSA) is 0 Å². The molecule has 0 spiro atoms. The molecule has 0 heterocycles. The molecule has 0 unspecified atom stereocenters. The maximum Gasteiger partial charge on any atom is 0.389 e. The van der Waals surface area contributed by atoms with E-state index in [9.17, 15) is 13.2 Å². The van der Waals surface area contributed by atoms with E-state index in [2.05, 4.69) is 22.0 Å². The van der Waals surface area contributed by atoms with Crippen LogP contribution in [0.4, 0.5) is 13.2 Å². The van der Waals surface area contributed by atoms with Gasteiger partial charge in [-0.15, -0.1) is 0 Å². The molecule has 0 amide bonds. The van der Waals surface area contributed by atoms with Gasteiger partial charge in [-0.05, 0) is 54.7 Å². The molecule has 0 aromatic rings. The fourth-order valence-corrected chi connectivity index (χ4v) is 3.87. The highest BCUT2D eigenvalue weighted by Gasteiger charge is 2.26. The van der Waals surface area contributed by atoms with Gasteiger partial charge in [0, 0.05) is 5.75 Å². The van der Waals surface area contributed by atoms with E-state index >= 15 is 0 Å². The Hall–Kier alpha value is 0.360. The molecule has 5 heteroatoms. The van der Waals surface area contributed by atoms with Crippen LogP contribution in [0.25, 0.3) is 0 Å². The molecule has 0 nitrogen and oxygen atoms in total. The molecule has 0 bridgehead atoms. The van der Waals surface area contributed by atoms with Gasteiger partial charge in [-0.2, -0.15) is 24.9 Å². The van der Waals surface area contributed by atoms with Gasteiger partial charge in [0.1, 0.15) is 0 Å². The number of hydrogen-bond acceptors (Lipinski definition) is 1. The zero-order valence-electron chi connectivity index (χ0n) is 10.6. The van der Waals surface area contributed by atoms with Crippen LogP contribution in [0.2, 0.25) is 0 Å². The first-order chi connectivity index (χ1) is 8.37. The summed E-state index contributed by atoms with van der Waals surface area (Å²) in [5.41, 5.74) is 0. The summed E-state index contributed by atoms with van der Waals surface area (Å²) < 4.78 is 37.1. The lowest BCUT2D eigenvalue weighted by molar-refractivity contribution is -0.129. The Balaban J connectivity index is 2.11. The first-order valence-electron chi connectivity index (χ1n) is 6.35. The second-order valence-electron chi connectivity index (χ2n) is 4.97. The third-order valence-corrected chi connectivity index (χ3v) is 4.70. The Morgan fingerprint density at radius 2 is 1.89 bits per heavy atom. The van der Waals surface area contributed by atoms with Crippen LogP contribution < -0.4 is 0 Å². The second-order valence-corrected chi connectivity index (χ2v) is 7.37. The van der Waals surface area contributed by atoms with E-state index in [1.165, 1.54) is 29.1 Å². The number of allylic oxidation sites excluding steroid dienone is 2. The highest BCUT2D eigenvalue weighted by atomic mass is 79.9. The molecule has 0 saturated heterocycles. The van der Waals surface area contributed by atoms with Crippen molar-refractivity contribution in [1.29, 1.82) is 0 Å². The zero-order valence-corrected chi connectivity index (χ0v) is 13.0. The van der Waals surface area contributed by atoms with Crippen LogP contribution in [0, 0.1) is 11.8 Å². The van der Waals surface area contributed by atoms with E-state index < -0.39 is 12.6 Å². The molecular formula is C13H20BrF3S. The third-order valence-electron chi connectivity index (χ3n) is 3.24. The minimum Gasteiger partial charge on any atom is -0.171 e. The number of alkyl halides is 3. The van der Waals surface area contributed by atoms with Crippen molar-refractivity contribution in [2.45, 2.75) is 45.2 Å². The van der Waals surface area contributed by atoms with E-state index in [1.807, 2.05) is 6.92 Å². The van der Waals surface area contributed by atoms with Gasteiger partial charge in [0.05, 0.1) is 6.42 Å². The number of halogens is 4. The quantitative estimate of drug-likeness (QED) is 0.570. The standard InChI is InChI=1S/C13H20BrF3S/c1-10(14)8-11-2-4-12(5-3-11)9-18-7-6-13(15,16)17/h8,11-12H,2-7,9H2,1H3/b10-8-. The highest BCUT2D eigenvalue weighted by Crippen LogP contribution is 2.33. The molecular weight excluding hydrogens is 325 g/mol. The van der Waals surface area contributed by atoms with Gasteiger partial charge in [0.25, 0.3) is 0 Å². The summed E-state index contributed by atoms with van der Waals surface area (Å²) in [4.78, 5) is 0. The van der Waals surface area contributed by atoms with E-state index in [1.54, 1.807) is 0 Å². The molecule has 0 atom stereocenters. The van der Waals surface area contributed by atoms with Crippen molar-refractivity contribution in [2.24, 2.45) is 11.8 Å². The van der Waals surface area contributed by atoms with Crippen molar-refractivity contribution in [2.75, 3.05) is 11.5 Å². The molecule has 0 aromatic carbocycles. The lowest BCUT2D eigenvalue weighted by Gasteiger charge is -2.26. The third kappa shape index (κ3) is 7.72. The van der Waals surface area contributed by atoms with Crippen LogP contribution in [0.3, 0.4) is 0 Å². The molecule has 0 N–H and O–H groups in total. The lowest BCUT2D eigenvalue weighted by atomic mass is 9.83. The average molecular weight is 345 g/mol. The first kappa shape index (κ1) is 16.4. The Morgan fingerprint density at radius 3 is 2.39 bits per heavy atom. The Morgan fingerprint density at radius 1 is 1.28 bits per heavy atom. The van der Waals surface area contributed by atoms with E-state index in [4.69, 9.17) is 0 Å². The molecule has 18 heavy (non-hydrogen) atoms. The Labute approximate surface area is 120 Å². The SMILES string of the molecule is C/C(Br)=C/C1CCC(CSCCC(F)(F)F)CC1. The van der Waals surface area contributed by atoms with Crippen LogP contribution in [-0.2, 0) is 0 Å². The molecule has 1 aliphatic rings. The van der Waals surface area contributed by atoms with E-state index in [0.29, 0.717) is 11.8 Å². The van der Waals surface area contributed by atoms with Crippen molar-refractivity contribution in [1.82, 2.24) is 0 Å². The molecule has 1 rings (SSSR count). The van der Waals surface area contributed by atoms with Crippen LogP contribution >= 0.6 is 27.7 Å². The van der Waals surface area contributed by atoms with Gasteiger partial charge in [-0.1, -0.05) is 22.0 Å². The zero-order chi connectivity index (χ0) is 13.6. The Kier molecular flexibility index (Phi) is 7.14. The lowest BCUT2D eigenvalue weighted by Crippen LogP contribution is -2.16. The minimum absolute atomic E-state index is 0.212. The highest BCUT2D eigenvalue weighted by molar-refractivity contribution is 9.11. The first-order valence-corrected chi connectivity index (χ1v) is 8.30. The maximum atomic E-state index is 12.0. The summed E-state index contributed by atoms with van der Waals surface area (Å²) in [5.74, 6) is 2.37. The predicted molar refractivity (Wildman–Crippen MR) is 76.1 cm³/mol. The molecule has 106 valence electrons. The van der Waals surface area contributed by atoms with Crippen molar-refractivity contribution >= 4 is 27.7 Å². The van der Waals surface area contributed by atoms with Crippen molar-refractivity contribution in [3.8, 4) is 0 Å². The second kappa shape index (κ2) is 7.83. The summed E-state index contributed by atoms with van der Waals surface area (Å²) in [7, 11) is 0. The van der Waals surface area contributed by atoms with Gasteiger partial charge in [0.15, 0.2) is 0 Å². The fourth-order valence-electron chi connectivity index (χ4n) is 2.28. The number of rotatable bonds is 5. The van der Waals surface area contributed by atoms with Gasteiger partial charge in [0.2, 0.25) is 0 Å². The Bertz CT molecular complexity index is 264. The predicted octanol–water partition coefficient (Wildman–Crippen LogP) is 5.78. The van der Waals surface area contributed by atoms with Crippen molar-refractivity contribution in [3.63, 3.8) is 0 Å². The largest absolute Gasteiger partial charge is 0.389 e. The van der Waals surface area contributed by atoms with Gasteiger partial charge >= 0.3 is 6.18 Å². The maximum absolute atomic E-state index is 12.0. The minimum atomic E-state index is -4.00. The monoisotopic (exact) mass is 344 g/mol. The van der Waals surface area contributed by atoms with Gasteiger partial charge in [-0.25, -0.2) is 0 Å². The summed E-state index contributed by atoms with van der Waals surface area (Å²) in [6.45, 7) is 2.04. The van der Waals surface area contributed by atoms with Gasteiger partial charge < -0.3 is 0 Å². The smallest absolute Gasteiger partial charge is 0.171 e. The van der Waals surface area contributed by atoms with E-state index in [-0.39, 0.29) is 5.75 Å². The molecule has 0 aliphatic heterocycles.